The number of rotatable bonds is 13. The van der Waals surface area contributed by atoms with Crippen LogP contribution in [0.2, 0.25) is 0 Å². The molecule has 0 bridgehead atoms. The summed E-state index contributed by atoms with van der Waals surface area (Å²) >= 11 is 0. The summed E-state index contributed by atoms with van der Waals surface area (Å²) in [6.07, 6.45) is 6.65. The minimum atomic E-state index is -0.166. The topological polar surface area (TPSA) is 81.3 Å². The number of hydrogen-bond donors (Lipinski definition) is 0. The summed E-state index contributed by atoms with van der Waals surface area (Å²) in [7, 11) is 3.14. The number of piperidine rings is 1. The fourth-order valence-corrected chi connectivity index (χ4v) is 6.25. The van der Waals surface area contributed by atoms with Gasteiger partial charge in [-0.1, -0.05) is 34.1 Å². The molecule has 5 rings (SSSR count). The van der Waals surface area contributed by atoms with E-state index in [1.165, 1.54) is 19.3 Å². The molecule has 1 aliphatic rings. The van der Waals surface area contributed by atoms with E-state index in [2.05, 4.69) is 37.2 Å². The van der Waals surface area contributed by atoms with Crippen molar-refractivity contribution in [2.75, 3.05) is 46.9 Å². The molecule has 3 heterocycles. The summed E-state index contributed by atoms with van der Waals surface area (Å²) in [6.45, 7) is 14.2. The predicted octanol–water partition coefficient (Wildman–Crippen LogP) is 6.23. The van der Waals surface area contributed by atoms with Crippen molar-refractivity contribution in [3.05, 3.63) is 46.2 Å². The highest BCUT2D eigenvalue weighted by Gasteiger charge is 2.22. The Kier molecular flexibility index (Phi) is 10.1. The molecular formula is C35H49N5O4. The van der Waals surface area contributed by atoms with E-state index in [1.54, 1.807) is 30.8 Å². The number of aromatic nitrogens is 3. The van der Waals surface area contributed by atoms with Crippen molar-refractivity contribution < 1.29 is 14.3 Å². The van der Waals surface area contributed by atoms with Gasteiger partial charge in [0.15, 0.2) is 11.5 Å². The summed E-state index contributed by atoms with van der Waals surface area (Å²) in [4.78, 5) is 37.6. The highest BCUT2D eigenvalue weighted by molar-refractivity contribution is 5.98. The molecule has 2 aromatic heterocycles. The third kappa shape index (κ3) is 6.72. The lowest BCUT2D eigenvalue weighted by Gasteiger charge is -2.26. The molecule has 44 heavy (non-hydrogen) atoms. The highest BCUT2D eigenvalue weighted by Crippen LogP contribution is 2.31. The molecule has 9 heteroatoms. The van der Waals surface area contributed by atoms with Gasteiger partial charge in [0.1, 0.15) is 0 Å². The van der Waals surface area contributed by atoms with Crippen molar-refractivity contribution in [2.24, 2.45) is 11.8 Å². The Morgan fingerprint density at radius 1 is 0.886 bits per heavy atom. The second-order valence-corrected chi connectivity index (χ2v) is 13.0. The third-order valence-corrected chi connectivity index (χ3v) is 8.90. The summed E-state index contributed by atoms with van der Waals surface area (Å²) in [5, 5.41) is 0.459. The first-order valence-electron chi connectivity index (χ1n) is 16.3. The number of nitrogens with zero attached hydrogens (tertiary/aromatic N) is 5. The van der Waals surface area contributed by atoms with Gasteiger partial charge < -0.3 is 23.8 Å². The van der Waals surface area contributed by atoms with E-state index in [0.717, 1.165) is 63.0 Å². The number of ether oxygens (including phenoxy) is 2. The lowest BCUT2D eigenvalue weighted by molar-refractivity contribution is 0.0741. The molecule has 0 spiro atoms. The molecule has 0 unspecified atom stereocenters. The Hall–Kier alpha value is -3.59. The van der Waals surface area contributed by atoms with Crippen LogP contribution in [0.4, 0.5) is 0 Å². The van der Waals surface area contributed by atoms with Crippen LogP contribution in [-0.2, 0) is 6.54 Å². The molecule has 1 saturated heterocycles. The standard InChI is InChI=1S/C35H49N5O4/c1-24(2)13-19-38(20-14-25(3)4)33(41)26-11-12-29-30(21-26)39(18-10-17-37-15-8-7-9-16-37)35-36-28-23-32(44-6)31(43-5)22-27(28)34(42)40(29)35/h11-12,21-25H,7-10,13-20H2,1-6H3. The van der Waals surface area contributed by atoms with Crippen LogP contribution in [0.25, 0.3) is 27.7 Å². The van der Waals surface area contributed by atoms with Crippen LogP contribution in [0.5, 0.6) is 11.5 Å². The number of fused-ring (bicyclic) bond motifs is 4. The molecular weight excluding hydrogens is 554 g/mol. The number of likely N-dealkylation sites (tertiary alicyclic amines) is 1. The molecule has 1 amide bonds. The van der Waals surface area contributed by atoms with Gasteiger partial charge in [-0.05, 0) is 87.8 Å². The van der Waals surface area contributed by atoms with E-state index >= 15 is 0 Å². The lowest BCUT2D eigenvalue weighted by atomic mass is 10.1. The molecule has 0 aliphatic carbocycles. The maximum absolute atomic E-state index is 14.1. The van der Waals surface area contributed by atoms with E-state index in [0.29, 0.717) is 52.1 Å². The molecule has 1 fully saturated rings. The molecule has 0 saturated carbocycles. The largest absolute Gasteiger partial charge is 0.493 e. The monoisotopic (exact) mass is 603 g/mol. The minimum absolute atomic E-state index is 0.0401. The SMILES string of the molecule is COc1cc2nc3n(CCCN4CCCCC4)c4cc(C(=O)N(CCC(C)C)CCC(C)C)ccc4n3c(=O)c2cc1OC. The fraction of sp³-hybridized carbons (Fsp3) is 0.571. The maximum Gasteiger partial charge on any atom is 0.267 e. The first-order chi connectivity index (χ1) is 21.2. The van der Waals surface area contributed by atoms with E-state index in [4.69, 9.17) is 14.5 Å². The third-order valence-electron chi connectivity index (χ3n) is 8.90. The average Bonchev–Trinajstić information content (AvgIpc) is 3.33. The molecule has 4 aromatic rings. The quantitative estimate of drug-likeness (QED) is 0.180. The zero-order valence-corrected chi connectivity index (χ0v) is 27.4. The van der Waals surface area contributed by atoms with Crippen molar-refractivity contribution in [1.29, 1.82) is 0 Å². The Bertz CT molecular complexity index is 1650. The van der Waals surface area contributed by atoms with Gasteiger partial charge >= 0.3 is 0 Å². The van der Waals surface area contributed by atoms with Crippen LogP contribution in [0, 0.1) is 11.8 Å². The van der Waals surface area contributed by atoms with Gasteiger partial charge in [0, 0.05) is 31.3 Å². The van der Waals surface area contributed by atoms with Crippen molar-refractivity contribution in [3.8, 4) is 11.5 Å². The maximum atomic E-state index is 14.1. The van der Waals surface area contributed by atoms with Crippen LogP contribution in [0.15, 0.2) is 35.1 Å². The van der Waals surface area contributed by atoms with Crippen LogP contribution in [0.1, 0.15) is 76.6 Å². The number of carbonyl (C=O) groups excluding carboxylic acids is 1. The van der Waals surface area contributed by atoms with Gasteiger partial charge in [-0.3, -0.25) is 9.59 Å². The van der Waals surface area contributed by atoms with Gasteiger partial charge in [-0.15, -0.1) is 0 Å². The number of carbonyl (C=O) groups is 1. The second kappa shape index (κ2) is 14.0. The van der Waals surface area contributed by atoms with Crippen molar-refractivity contribution in [2.45, 2.75) is 72.8 Å². The summed E-state index contributed by atoms with van der Waals surface area (Å²) in [6, 6.07) is 9.22. The highest BCUT2D eigenvalue weighted by atomic mass is 16.5. The van der Waals surface area contributed by atoms with Gasteiger partial charge in [-0.2, -0.15) is 0 Å². The van der Waals surface area contributed by atoms with Crippen molar-refractivity contribution in [1.82, 2.24) is 23.8 Å². The van der Waals surface area contributed by atoms with Crippen LogP contribution in [0.3, 0.4) is 0 Å². The smallest absolute Gasteiger partial charge is 0.267 e. The number of amides is 1. The van der Waals surface area contributed by atoms with Gasteiger partial charge in [0.05, 0.1) is 36.2 Å². The number of aryl methyl sites for hydroxylation is 1. The Labute approximate surface area is 260 Å². The number of hydrogen-bond acceptors (Lipinski definition) is 6. The summed E-state index contributed by atoms with van der Waals surface area (Å²) < 4.78 is 14.8. The van der Waals surface area contributed by atoms with Crippen LogP contribution >= 0.6 is 0 Å². The summed E-state index contributed by atoms with van der Waals surface area (Å²) in [5.74, 6) is 2.65. The fourth-order valence-electron chi connectivity index (χ4n) is 6.25. The molecule has 0 atom stereocenters. The van der Waals surface area contributed by atoms with Gasteiger partial charge in [0.2, 0.25) is 5.78 Å². The summed E-state index contributed by atoms with van der Waals surface area (Å²) in [5.41, 5.74) is 2.63. The van der Waals surface area contributed by atoms with E-state index in [9.17, 15) is 9.59 Å². The van der Waals surface area contributed by atoms with E-state index in [1.807, 2.05) is 23.1 Å². The molecule has 238 valence electrons. The lowest BCUT2D eigenvalue weighted by Crippen LogP contribution is -2.34. The van der Waals surface area contributed by atoms with Crippen molar-refractivity contribution >= 4 is 33.6 Å². The molecule has 0 N–H and O–H groups in total. The van der Waals surface area contributed by atoms with E-state index in [-0.39, 0.29) is 11.5 Å². The zero-order chi connectivity index (χ0) is 31.4. The Balaban J connectivity index is 1.62. The van der Waals surface area contributed by atoms with Gasteiger partial charge in [0.25, 0.3) is 11.5 Å². The van der Waals surface area contributed by atoms with E-state index < -0.39 is 0 Å². The van der Waals surface area contributed by atoms with Crippen LogP contribution < -0.4 is 15.0 Å². The van der Waals surface area contributed by atoms with Crippen molar-refractivity contribution in [3.63, 3.8) is 0 Å². The molecule has 2 aromatic carbocycles. The normalized spacial score (nSPS) is 14.4. The molecule has 1 aliphatic heterocycles. The minimum Gasteiger partial charge on any atom is -0.493 e. The van der Waals surface area contributed by atoms with Crippen LogP contribution in [-0.4, -0.2) is 76.6 Å². The number of methoxy groups -OCH3 is 2. The second-order valence-electron chi connectivity index (χ2n) is 13.0. The first kappa shape index (κ1) is 31.8. The number of imidazole rings is 1. The molecule has 9 nitrogen and oxygen atoms in total. The number of benzene rings is 2. The first-order valence-corrected chi connectivity index (χ1v) is 16.3. The van der Waals surface area contributed by atoms with Gasteiger partial charge in [-0.25, -0.2) is 9.38 Å². The predicted molar refractivity (Wildman–Crippen MR) is 177 cm³/mol. The average molecular weight is 604 g/mol. The molecule has 0 radical (unpaired) electrons. The Morgan fingerprint density at radius 3 is 2.18 bits per heavy atom. The zero-order valence-electron chi connectivity index (χ0n) is 27.4. The Morgan fingerprint density at radius 2 is 1.55 bits per heavy atom.